The van der Waals surface area contributed by atoms with Crippen LogP contribution >= 0.6 is 11.8 Å². The summed E-state index contributed by atoms with van der Waals surface area (Å²) in [7, 11) is 3.78. The topological polar surface area (TPSA) is 93.9 Å². The van der Waals surface area contributed by atoms with Crippen LogP contribution in [0.3, 0.4) is 0 Å². The maximum Gasteiger partial charge on any atom is 0.258 e. The normalized spacial score (nSPS) is 11.9. The lowest BCUT2D eigenvalue weighted by molar-refractivity contribution is 0.344. The largest absolute Gasteiger partial charge is 0.493 e. The van der Waals surface area contributed by atoms with Crippen LogP contribution in [0.5, 0.6) is 5.75 Å². The number of nitrogens with one attached hydrogen (secondary N) is 1. The van der Waals surface area contributed by atoms with Gasteiger partial charge in [-0.3, -0.25) is 0 Å². The molecule has 0 aliphatic carbocycles. The molecule has 0 saturated carbocycles. The van der Waals surface area contributed by atoms with Crippen LogP contribution in [0.15, 0.2) is 41.8 Å². The van der Waals surface area contributed by atoms with E-state index in [2.05, 4.69) is 44.2 Å². The molecule has 0 spiro atoms. The van der Waals surface area contributed by atoms with Crippen molar-refractivity contribution >= 4 is 23.7 Å². The maximum absolute atomic E-state index is 5.69. The van der Waals surface area contributed by atoms with E-state index in [0.29, 0.717) is 29.6 Å². The van der Waals surface area contributed by atoms with Gasteiger partial charge in [0.2, 0.25) is 17.1 Å². The molecule has 0 aliphatic rings. The molecule has 3 aromatic rings. The zero-order valence-electron chi connectivity index (χ0n) is 17.1. The van der Waals surface area contributed by atoms with E-state index in [-0.39, 0.29) is 6.04 Å². The summed E-state index contributed by atoms with van der Waals surface area (Å²) in [5.41, 5.74) is 0. The van der Waals surface area contributed by atoms with Crippen molar-refractivity contribution in [1.82, 2.24) is 29.7 Å². The summed E-state index contributed by atoms with van der Waals surface area (Å²) in [6.07, 6.45) is 2.58. The van der Waals surface area contributed by atoms with E-state index in [1.165, 1.54) is 11.8 Å². The van der Waals surface area contributed by atoms with Gasteiger partial charge in [0.15, 0.2) is 0 Å². The summed E-state index contributed by atoms with van der Waals surface area (Å²) in [5, 5.41) is 8.41. The van der Waals surface area contributed by atoms with E-state index < -0.39 is 0 Å². The minimum Gasteiger partial charge on any atom is -0.493 e. The molecular formula is C19H26N8OS. The highest BCUT2D eigenvalue weighted by Crippen LogP contribution is 2.16. The van der Waals surface area contributed by atoms with Gasteiger partial charge in [0.1, 0.15) is 12.1 Å². The zero-order chi connectivity index (χ0) is 20.6. The van der Waals surface area contributed by atoms with Gasteiger partial charge in [0, 0.05) is 25.9 Å². The Morgan fingerprint density at radius 2 is 1.97 bits per heavy atom. The van der Waals surface area contributed by atoms with Crippen LogP contribution < -0.4 is 15.0 Å². The number of aromatic nitrogens is 6. The van der Waals surface area contributed by atoms with Gasteiger partial charge in [0.05, 0.1) is 6.61 Å². The Hall–Kier alpha value is -2.88. The molecule has 10 heteroatoms. The summed E-state index contributed by atoms with van der Waals surface area (Å²) < 4.78 is 7.26. The minimum atomic E-state index is 0.256. The van der Waals surface area contributed by atoms with Crippen LogP contribution in [0.4, 0.5) is 11.9 Å². The molecule has 0 bridgehead atoms. The van der Waals surface area contributed by atoms with Crippen molar-refractivity contribution < 1.29 is 4.74 Å². The molecule has 29 heavy (non-hydrogen) atoms. The molecule has 0 amide bonds. The molecular weight excluding hydrogens is 388 g/mol. The number of nitrogens with zero attached hydrogens (tertiary/aromatic N) is 7. The molecule has 9 nitrogen and oxygen atoms in total. The van der Waals surface area contributed by atoms with E-state index >= 15 is 0 Å². The van der Waals surface area contributed by atoms with E-state index in [0.717, 1.165) is 17.9 Å². The fourth-order valence-corrected chi connectivity index (χ4v) is 2.88. The molecule has 0 fully saturated rings. The van der Waals surface area contributed by atoms with Gasteiger partial charge in [-0.25, -0.2) is 4.98 Å². The van der Waals surface area contributed by atoms with Crippen molar-refractivity contribution in [2.24, 2.45) is 0 Å². The number of rotatable bonds is 10. The predicted molar refractivity (Wildman–Crippen MR) is 115 cm³/mol. The van der Waals surface area contributed by atoms with E-state index in [1.54, 1.807) is 11.0 Å². The summed E-state index contributed by atoms with van der Waals surface area (Å²) in [6.45, 7) is 4.76. The molecule has 1 aromatic carbocycles. The molecule has 3 rings (SSSR count). The Kier molecular flexibility index (Phi) is 7.23. The number of benzene rings is 1. The zero-order valence-corrected chi connectivity index (χ0v) is 17.9. The maximum atomic E-state index is 5.69. The SMILES string of the molecule is CC[C@@H](C)Nc1nc(N(C)C)nc(-n2cnc(SCCOc3ccccc3)n2)n1. The lowest BCUT2D eigenvalue weighted by Crippen LogP contribution is -2.21. The van der Waals surface area contributed by atoms with Crippen LogP contribution in [-0.4, -0.2) is 62.2 Å². The molecule has 1 atom stereocenters. The van der Waals surface area contributed by atoms with Crippen LogP contribution in [0.25, 0.3) is 5.95 Å². The first kappa shape index (κ1) is 20.8. The van der Waals surface area contributed by atoms with Gasteiger partial charge >= 0.3 is 0 Å². The van der Waals surface area contributed by atoms with Gasteiger partial charge < -0.3 is 15.0 Å². The van der Waals surface area contributed by atoms with Gasteiger partial charge in [-0.1, -0.05) is 36.9 Å². The van der Waals surface area contributed by atoms with Crippen molar-refractivity contribution in [2.45, 2.75) is 31.5 Å². The van der Waals surface area contributed by atoms with Crippen molar-refractivity contribution in [3.05, 3.63) is 36.7 Å². The van der Waals surface area contributed by atoms with Gasteiger partial charge in [-0.05, 0) is 25.5 Å². The average molecular weight is 415 g/mol. The van der Waals surface area contributed by atoms with Crippen LogP contribution in [0, 0.1) is 0 Å². The quantitative estimate of drug-likeness (QED) is 0.397. The third-order valence-electron chi connectivity index (χ3n) is 4.00. The van der Waals surface area contributed by atoms with Crippen molar-refractivity contribution in [1.29, 1.82) is 0 Å². The van der Waals surface area contributed by atoms with Crippen LogP contribution in [0.1, 0.15) is 20.3 Å². The third-order valence-corrected chi connectivity index (χ3v) is 4.82. The third kappa shape index (κ3) is 6.05. The first-order chi connectivity index (χ1) is 14.0. The van der Waals surface area contributed by atoms with Crippen molar-refractivity contribution in [3.63, 3.8) is 0 Å². The molecule has 2 heterocycles. The summed E-state index contributed by atoms with van der Waals surface area (Å²) in [5.74, 6) is 3.10. The Morgan fingerprint density at radius 1 is 1.17 bits per heavy atom. The second kappa shape index (κ2) is 10.1. The Bertz CT molecular complexity index is 902. The number of thioether (sulfide) groups is 1. The van der Waals surface area contributed by atoms with E-state index in [4.69, 9.17) is 4.74 Å². The molecule has 154 valence electrons. The highest BCUT2D eigenvalue weighted by atomic mass is 32.2. The van der Waals surface area contributed by atoms with Gasteiger partial charge in [-0.15, -0.1) is 5.10 Å². The van der Waals surface area contributed by atoms with Crippen LogP contribution in [-0.2, 0) is 0 Å². The number of ether oxygens (including phenoxy) is 1. The van der Waals surface area contributed by atoms with Gasteiger partial charge in [0.25, 0.3) is 5.95 Å². The minimum absolute atomic E-state index is 0.256. The summed E-state index contributed by atoms with van der Waals surface area (Å²) in [4.78, 5) is 19.6. The molecule has 0 saturated heterocycles. The second-order valence-corrected chi connectivity index (χ2v) is 7.65. The highest BCUT2D eigenvalue weighted by Gasteiger charge is 2.13. The van der Waals surface area contributed by atoms with Crippen molar-refractivity contribution in [3.8, 4) is 11.7 Å². The molecule has 0 radical (unpaired) electrons. The number of anilines is 2. The summed E-state index contributed by atoms with van der Waals surface area (Å²) >= 11 is 1.52. The fourth-order valence-electron chi connectivity index (χ4n) is 2.26. The first-order valence-corrected chi connectivity index (χ1v) is 10.5. The lowest BCUT2D eigenvalue weighted by Gasteiger charge is -2.15. The number of hydrogen-bond acceptors (Lipinski definition) is 9. The molecule has 0 unspecified atom stereocenters. The lowest BCUT2D eigenvalue weighted by atomic mass is 10.3. The van der Waals surface area contributed by atoms with Gasteiger partial charge in [-0.2, -0.15) is 19.6 Å². The number of para-hydroxylation sites is 1. The monoisotopic (exact) mass is 414 g/mol. The van der Waals surface area contributed by atoms with E-state index in [9.17, 15) is 0 Å². The predicted octanol–water partition coefficient (Wildman–Crippen LogP) is 2.90. The fraction of sp³-hybridized carbons (Fsp3) is 0.421. The smallest absolute Gasteiger partial charge is 0.258 e. The van der Waals surface area contributed by atoms with E-state index in [1.807, 2.05) is 49.3 Å². The Morgan fingerprint density at radius 3 is 2.69 bits per heavy atom. The standard InChI is InChI=1S/C19H26N8OS/c1-5-14(2)21-16-22-17(26(3)4)24-18(23-16)27-13-20-19(25-27)29-12-11-28-15-9-7-6-8-10-15/h6-10,13-14H,5,11-12H2,1-4H3,(H,21,22,23,24)/t14-/m1/s1. The summed E-state index contributed by atoms with van der Waals surface area (Å²) in [6, 6.07) is 9.99. The average Bonchev–Trinajstić information content (AvgIpc) is 3.20. The molecule has 2 aromatic heterocycles. The molecule has 0 aliphatic heterocycles. The first-order valence-electron chi connectivity index (χ1n) is 9.47. The number of hydrogen-bond donors (Lipinski definition) is 1. The molecule has 1 N–H and O–H groups in total. The highest BCUT2D eigenvalue weighted by molar-refractivity contribution is 7.99. The Labute approximate surface area is 174 Å². The Balaban J connectivity index is 1.65. The second-order valence-electron chi connectivity index (χ2n) is 6.59. The van der Waals surface area contributed by atoms with Crippen LogP contribution in [0.2, 0.25) is 0 Å². The van der Waals surface area contributed by atoms with Crippen molar-refractivity contribution in [2.75, 3.05) is 36.7 Å².